The number of hydrogen-bond donors (Lipinski definition) is 2. The lowest BCUT2D eigenvalue weighted by Crippen LogP contribution is -2.15. The first-order chi connectivity index (χ1) is 18.2. The number of carbonyl (C=O) groups is 1. The number of fused-ring (bicyclic) bond motifs is 1. The number of rotatable bonds is 7. The summed E-state index contributed by atoms with van der Waals surface area (Å²) in [5, 5.41) is 22.7. The fraction of sp³-hybridized carbons (Fsp3) is 0.148. The molecule has 1 aliphatic heterocycles. The maximum absolute atomic E-state index is 13.0. The molecule has 2 N–H and O–H groups in total. The van der Waals surface area contributed by atoms with Crippen molar-refractivity contribution >= 4 is 11.6 Å². The Morgan fingerprint density at radius 1 is 0.946 bits per heavy atom. The van der Waals surface area contributed by atoms with E-state index >= 15 is 0 Å². The summed E-state index contributed by atoms with van der Waals surface area (Å²) in [7, 11) is 0. The van der Waals surface area contributed by atoms with Crippen LogP contribution in [0.3, 0.4) is 0 Å². The highest BCUT2D eigenvalue weighted by molar-refractivity contribution is 6.08. The third-order valence-corrected chi connectivity index (χ3v) is 6.01. The van der Waals surface area contributed by atoms with Crippen LogP contribution < -0.4 is 14.8 Å². The second-order valence-electron chi connectivity index (χ2n) is 8.49. The van der Waals surface area contributed by atoms with Crippen molar-refractivity contribution in [3.05, 3.63) is 90.1 Å². The van der Waals surface area contributed by atoms with E-state index < -0.39 is 0 Å². The molecule has 37 heavy (non-hydrogen) atoms. The van der Waals surface area contributed by atoms with E-state index in [-0.39, 0.29) is 5.91 Å². The van der Waals surface area contributed by atoms with Gasteiger partial charge < -0.3 is 14.8 Å². The van der Waals surface area contributed by atoms with Gasteiger partial charge in [-0.25, -0.2) is 0 Å². The first-order valence-electron chi connectivity index (χ1n) is 11.9. The first-order valence-corrected chi connectivity index (χ1v) is 11.9. The minimum absolute atomic E-state index is 0.258. The first kappa shape index (κ1) is 22.5. The molecule has 0 unspecified atom stereocenters. The van der Waals surface area contributed by atoms with Gasteiger partial charge in [-0.3, -0.25) is 9.89 Å². The number of ether oxygens (including phenoxy) is 2. The van der Waals surface area contributed by atoms with E-state index in [9.17, 15) is 4.79 Å². The molecule has 3 aromatic carbocycles. The van der Waals surface area contributed by atoms with Gasteiger partial charge in [0.15, 0.2) is 11.5 Å². The quantitative estimate of drug-likeness (QED) is 0.352. The van der Waals surface area contributed by atoms with Gasteiger partial charge in [0, 0.05) is 16.8 Å². The molecule has 10 heteroatoms. The minimum atomic E-state index is -0.258. The Morgan fingerprint density at radius 2 is 1.76 bits per heavy atom. The molecular weight excluding hydrogens is 470 g/mol. The molecular formula is C27H23N7O3. The van der Waals surface area contributed by atoms with Gasteiger partial charge in [-0.1, -0.05) is 42.5 Å². The Kier molecular flexibility index (Phi) is 6.04. The average molecular weight is 494 g/mol. The van der Waals surface area contributed by atoms with Gasteiger partial charge >= 0.3 is 0 Å². The lowest BCUT2D eigenvalue weighted by molar-refractivity contribution is 0.102. The van der Waals surface area contributed by atoms with Crippen LogP contribution in [-0.2, 0) is 13.0 Å². The Labute approximate surface area is 212 Å². The van der Waals surface area contributed by atoms with Crippen LogP contribution in [0.2, 0.25) is 0 Å². The third-order valence-electron chi connectivity index (χ3n) is 6.01. The van der Waals surface area contributed by atoms with Crippen molar-refractivity contribution in [2.45, 2.75) is 13.0 Å². The van der Waals surface area contributed by atoms with Crippen molar-refractivity contribution in [1.82, 2.24) is 30.4 Å². The van der Waals surface area contributed by atoms with Gasteiger partial charge in [-0.05, 0) is 47.5 Å². The van der Waals surface area contributed by atoms with Crippen LogP contribution in [0.1, 0.15) is 15.9 Å². The van der Waals surface area contributed by atoms with Crippen LogP contribution in [0.5, 0.6) is 11.5 Å². The molecule has 0 fully saturated rings. The number of anilines is 1. The van der Waals surface area contributed by atoms with Crippen molar-refractivity contribution in [1.29, 1.82) is 0 Å². The van der Waals surface area contributed by atoms with E-state index in [1.807, 2.05) is 72.8 Å². The van der Waals surface area contributed by atoms with Crippen LogP contribution >= 0.6 is 0 Å². The van der Waals surface area contributed by atoms with Crippen molar-refractivity contribution in [3.8, 4) is 34.1 Å². The summed E-state index contributed by atoms with van der Waals surface area (Å²) >= 11 is 0. The third kappa shape index (κ3) is 4.90. The highest BCUT2D eigenvalue weighted by Crippen LogP contribution is 2.35. The molecule has 1 aliphatic rings. The molecule has 3 heterocycles. The van der Waals surface area contributed by atoms with Gasteiger partial charge in [0.1, 0.15) is 13.2 Å². The van der Waals surface area contributed by atoms with Gasteiger partial charge in [0.2, 0.25) is 5.82 Å². The predicted octanol–water partition coefficient (Wildman–Crippen LogP) is 4.00. The summed E-state index contributed by atoms with van der Waals surface area (Å²) in [6.07, 6.45) is 2.25. The van der Waals surface area contributed by atoms with Crippen LogP contribution in [0.15, 0.2) is 79.0 Å². The number of tetrazole rings is 1. The van der Waals surface area contributed by atoms with Gasteiger partial charge in [-0.2, -0.15) is 9.90 Å². The smallest absolute Gasteiger partial charge is 0.259 e. The zero-order chi connectivity index (χ0) is 25.0. The highest BCUT2D eigenvalue weighted by atomic mass is 16.6. The number of aryl methyl sites for hydroxylation is 2. The summed E-state index contributed by atoms with van der Waals surface area (Å²) in [6.45, 7) is 1.61. The number of aromatic nitrogens is 6. The molecule has 0 aliphatic carbocycles. The average Bonchev–Trinajstić information content (AvgIpc) is 3.63. The maximum atomic E-state index is 13.0. The Balaban J connectivity index is 1.09. The van der Waals surface area contributed by atoms with Crippen molar-refractivity contribution in [2.75, 3.05) is 18.5 Å². The molecule has 1 amide bonds. The van der Waals surface area contributed by atoms with E-state index in [1.165, 1.54) is 6.20 Å². The summed E-state index contributed by atoms with van der Waals surface area (Å²) in [6, 6.07) is 23.0. The Morgan fingerprint density at radius 3 is 2.59 bits per heavy atom. The lowest BCUT2D eigenvalue weighted by Gasteiger charge is -2.18. The fourth-order valence-electron chi connectivity index (χ4n) is 4.10. The van der Waals surface area contributed by atoms with Crippen LogP contribution in [0.25, 0.3) is 22.6 Å². The maximum Gasteiger partial charge on any atom is 0.259 e. The molecule has 0 atom stereocenters. The zero-order valence-corrected chi connectivity index (χ0v) is 19.8. The number of hydrogen-bond acceptors (Lipinski definition) is 7. The molecule has 10 nitrogen and oxygen atoms in total. The zero-order valence-electron chi connectivity index (χ0n) is 19.8. The topological polar surface area (TPSA) is 120 Å². The fourth-order valence-corrected chi connectivity index (χ4v) is 4.10. The highest BCUT2D eigenvalue weighted by Gasteiger charge is 2.19. The lowest BCUT2D eigenvalue weighted by atomic mass is 10.1. The van der Waals surface area contributed by atoms with Crippen molar-refractivity contribution in [3.63, 3.8) is 0 Å². The number of H-pyrrole nitrogens is 1. The van der Waals surface area contributed by atoms with Gasteiger partial charge in [-0.15, -0.1) is 10.2 Å². The van der Waals surface area contributed by atoms with Crippen LogP contribution in [-0.4, -0.2) is 49.5 Å². The largest absolute Gasteiger partial charge is 0.486 e. The molecule has 184 valence electrons. The number of carbonyl (C=O) groups excluding carboxylic acids is 1. The summed E-state index contributed by atoms with van der Waals surface area (Å²) in [4.78, 5) is 14.6. The number of nitrogens with one attached hydrogen (secondary N) is 2. The van der Waals surface area contributed by atoms with E-state index in [1.54, 1.807) is 4.80 Å². The molecule has 0 bridgehead atoms. The Bertz CT molecular complexity index is 1530. The predicted molar refractivity (Wildman–Crippen MR) is 136 cm³/mol. The second kappa shape index (κ2) is 9.94. The summed E-state index contributed by atoms with van der Waals surface area (Å²) < 4.78 is 11.2. The summed E-state index contributed by atoms with van der Waals surface area (Å²) in [5.74, 6) is 1.69. The number of amides is 1. The summed E-state index contributed by atoms with van der Waals surface area (Å²) in [5.41, 5.74) is 4.56. The molecule has 0 saturated heterocycles. The van der Waals surface area contributed by atoms with Gasteiger partial charge in [0.25, 0.3) is 5.91 Å². The van der Waals surface area contributed by atoms with Crippen molar-refractivity contribution in [2.24, 2.45) is 0 Å². The number of nitrogens with zero attached hydrogens (tertiary/aromatic N) is 5. The van der Waals surface area contributed by atoms with Crippen molar-refractivity contribution < 1.29 is 14.3 Å². The van der Waals surface area contributed by atoms with E-state index in [0.29, 0.717) is 54.0 Å². The van der Waals surface area contributed by atoms with E-state index in [0.717, 1.165) is 23.1 Å². The molecule has 0 radical (unpaired) electrons. The molecule has 0 saturated carbocycles. The number of aromatic amines is 1. The van der Waals surface area contributed by atoms with E-state index in [4.69, 9.17) is 9.47 Å². The van der Waals surface area contributed by atoms with Gasteiger partial charge in [0.05, 0.1) is 24.0 Å². The normalized spacial score (nSPS) is 12.3. The van der Waals surface area contributed by atoms with E-state index in [2.05, 4.69) is 30.9 Å². The molecule has 2 aromatic heterocycles. The second-order valence-corrected chi connectivity index (χ2v) is 8.49. The van der Waals surface area contributed by atoms with Crippen LogP contribution in [0, 0.1) is 0 Å². The minimum Gasteiger partial charge on any atom is -0.486 e. The Hall–Kier alpha value is -4.99. The molecule has 5 aromatic rings. The SMILES string of the molecule is O=C(Nc1ccc(CCn2nnc(-c3ccccc3)n2)cc1)c1cn[nH]c1-c1ccc2c(c1)OCCO2. The van der Waals surface area contributed by atoms with Crippen LogP contribution in [0.4, 0.5) is 5.69 Å². The standard InChI is InChI=1S/C27H23N7O3/c35-27(22-17-28-30-25(22)20-8-11-23-24(16-20)37-15-14-36-23)29-21-9-6-18(7-10-21)12-13-34-32-26(31-33-34)19-4-2-1-3-5-19/h1-11,16-17H,12-15H2,(H,28,30)(H,29,35). The molecule has 6 rings (SSSR count). The number of benzene rings is 3. The monoisotopic (exact) mass is 493 g/mol. The molecule has 0 spiro atoms.